The van der Waals surface area contributed by atoms with E-state index in [1.165, 1.54) is 6.08 Å². The Kier molecular flexibility index (Phi) is 2.66. The third kappa shape index (κ3) is 2.17. The Balaban J connectivity index is 2.88. The Hall–Kier alpha value is -0.650. The molecule has 4 N–H and O–H groups in total. The van der Waals surface area contributed by atoms with E-state index in [1.807, 2.05) is 0 Å². The van der Waals surface area contributed by atoms with E-state index in [-0.39, 0.29) is 0 Å². The minimum absolute atomic E-state index is 0.291. The molecule has 0 aromatic heterocycles. The molecule has 5 heteroatoms. The van der Waals surface area contributed by atoms with Crippen molar-refractivity contribution in [1.29, 1.82) is 0 Å². The molecule has 68 valence electrons. The van der Waals surface area contributed by atoms with Gasteiger partial charge in [-0.1, -0.05) is 11.6 Å². The van der Waals surface area contributed by atoms with Crippen molar-refractivity contribution >= 4 is 10.0 Å². The monoisotopic (exact) mass is 188 g/mol. The Morgan fingerprint density at radius 3 is 2.33 bits per heavy atom. The summed E-state index contributed by atoms with van der Waals surface area (Å²) in [4.78, 5) is 0.291. The maximum atomic E-state index is 10.8. The van der Waals surface area contributed by atoms with Crippen LogP contribution in [0.2, 0.25) is 0 Å². The highest BCUT2D eigenvalue weighted by Crippen LogP contribution is 2.19. The lowest BCUT2D eigenvalue weighted by Crippen LogP contribution is -2.17. The molecule has 0 fully saturated rings. The average molecular weight is 188 g/mol. The first-order valence-electron chi connectivity index (χ1n) is 3.65. The lowest BCUT2D eigenvalue weighted by molar-refractivity contribution is 0.601. The number of nitrogens with two attached hydrogens (primary N) is 2. The van der Waals surface area contributed by atoms with Gasteiger partial charge in [0.1, 0.15) is 0 Å². The van der Waals surface area contributed by atoms with E-state index in [1.54, 1.807) is 6.08 Å². The van der Waals surface area contributed by atoms with E-state index in [9.17, 15) is 8.42 Å². The van der Waals surface area contributed by atoms with Crippen LogP contribution in [0.1, 0.15) is 12.8 Å². The number of allylic oxidation sites excluding steroid dienone is 3. The van der Waals surface area contributed by atoms with Gasteiger partial charge in [0.25, 0.3) is 0 Å². The van der Waals surface area contributed by atoms with Crippen LogP contribution in [0.5, 0.6) is 0 Å². The minimum Gasteiger partial charge on any atom is -0.327 e. The SMILES string of the molecule is NCC1=CC=C(S(N)(=O)=O)CC1. The van der Waals surface area contributed by atoms with Crippen molar-refractivity contribution in [2.45, 2.75) is 12.8 Å². The van der Waals surface area contributed by atoms with Crippen molar-refractivity contribution in [3.05, 3.63) is 22.6 Å². The fraction of sp³-hybridized carbons (Fsp3) is 0.429. The molecule has 0 saturated heterocycles. The van der Waals surface area contributed by atoms with Gasteiger partial charge in [0, 0.05) is 6.54 Å². The lowest BCUT2D eigenvalue weighted by Gasteiger charge is -2.10. The summed E-state index contributed by atoms with van der Waals surface area (Å²) in [5.41, 5.74) is 6.44. The normalized spacial score (nSPS) is 18.5. The van der Waals surface area contributed by atoms with E-state index < -0.39 is 10.0 Å². The molecule has 1 aliphatic carbocycles. The fourth-order valence-corrected chi connectivity index (χ4v) is 1.71. The number of hydrogen-bond acceptors (Lipinski definition) is 3. The van der Waals surface area contributed by atoms with Gasteiger partial charge in [-0.3, -0.25) is 0 Å². The maximum absolute atomic E-state index is 10.8. The van der Waals surface area contributed by atoms with Crippen LogP contribution in [-0.4, -0.2) is 15.0 Å². The Morgan fingerprint density at radius 1 is 1.33 bits per heavy atom. The molecule has 0 saturated carbocycles. The fourth-order valence-electron chi connectivity index (χ4n) is 1.07. The van der Waals surface area contributed by atoms with Crippen molar-refractivity contribution in [3.8, 4) is 0 Å². The molecular weight excluding hydrogens is 176 g/mol. The van der Waals surface area contributed by atoms with Crippen LogP contribution in [0.15, 0.2) is 22.6 Å². The quantitative estimate of drug-likeness (QED) is 0.631. The zero-order valence-electron chi connectivity index (χ0n) is 6.66. The second-order valence-corrected chi connectivity index (χ2v) is 4.32. The second kappa shape index (κ2) is 3.38. The topological polar surface area (TPSA) is 86.2 Å². The van der Waals surface area contributed by atoms with E-state index in [4.69, 9.17) is 10.9 Å². The highest BCUT2D eigenvalue weighted by molar-refractivity contribution is 7.93. The molecule has 0 atom stereocenters. The summed E-state index contributed by atoms with van der Waals surface area (Å²) in [5.74, 6) is 0. The third-order valence-corrected chi connectivity index (χ3v) is 2.90. The van der Waals surface area contributed by atoms with Gasteiger partial charge in [0.15, 0.2) is 0 Å². The van der Waals surface area contributed by atoms with Gasteiger partial charge in [-0.2, -0.15) is 0 Å². The first kappa shape index (κ1) is 9.44. The summed E-state index contributed by atoms with van der Waals surface area (Å²) in [7, 11) is -3.48. The zero-order chi connectivity index (χ0) is 9.19. The predicted octanol–water partition coefficient (Wildman–Crippen LogP) is -0.162. The highest BCUT2D eigenvalue weighted by Gasteiger charge is 2.14. The van der Waals surface area contributed by atoms with E-state index >= 15 is 0 Å². The van der Waals surface area contributed by atoms with Crippen LogP contribution in [0.25, 0.3) is 0 Å². The molecular formula is C7H12N2O2S. The first-order chi connectivity index (χ1) is 5.54. The Bertz CT molecular complexity index is 327. The van der Waals surface area contributed by atoms with Crippen LogP contribution in [0, 0.1) is 0 Å². The summed E-state index contributed by atoms with van der Waals surface area (Å²) in [6, 6.07) is 0. The molecule has 0 spiro atoms. The molecule has 0 aromatic rings. The van der Waals surface area contributed by atoms with Gasteiger partial charge < -0.3 is 5.73 Å². The standard InChI is InChI=1S/C7H12N2O2S/c8-5-6-1-3-7(4-2-6)12(9,10)11/h1,3H,2,4-5,8H2,(H2,9,10,11). The van der Waals surface area contributed by atoms with Crippen LogP contribution >= 0.6 is 0 Å². The van der Waals surface area contributed by atoms with E-state index in [0.29, 0.717) is 24.3 Å². The molecule has 0 aliphatic heterocycles. The molecule has 0 amide bonds. The average Bonchev–Trinajstić information content (AvgIpc) is 2.03. The molecule has 4 nitrogen and oxygen atoms in total. The summed E-state index contributed by atoms with van der Waals surface area (Å²) in [6.45, 7) is 0.481. The molecule has 0 bridgehead atoms. The van der Waals surface area contributed by atoms with Gasteiger partial charge >= 0.3 is 0 Å². The summed E-state index contributed by atoms with van der Waals surface area (Å²) in [6.07, 6.45) is 4.42. The van der Waals surface area contributed by atoms with Crippen LogP contribution in [-0.2, 0) is 10.0 Å². The molecule has 0 aromatic carbocycles. The minimum atomic E-state index is -3.48. The van der Waals surface area contributed by atoms with Crippen LogP contribution in [0.3, 0.4) is 0 Å². The zero-order valence-corrected chi connectivity index (χ0v) is 7.47. The number of hydrogen-bond donors (Lipinski definition) is 2. The van der Waals surface area contributed by atoms with Crippen LogP contribution < -0.4 is 10.9 Å². The molecule has 1 rings (SSSR count). The van der Waals surface area contributed by atoms with Gasteiger partial charge in [-0.25, -0.2) is 13.6 Å². The summed E-state index contributed by atoms with van der Waals surface area (Å²) < 4.78 is 21.7. The number of primary sulfonamides is 1. The number of rotatable bonds is 2. The predicted molar refractivity (Wildman–Crippen MR) is 47.6 cm³/mol. The highest BCUT2D eigenvalue weighted by atomic mass is 32.2. The smallest absolute Gasteiger partial charge is 0.234 e. The largest absolute Gasteiger partial charge is 0.327 e. The van der Waals surface area contributed by atoms with Gasteiger partial charge in [-0.15, -0.1) is 0 Å². The lowest BCUT2D eigenvalue weighted by atomic mass is 10.1. The molecule has 0 unspecified atom stereocenters. The van der Waals surface area contributed by atoms with Gasteiger partial charge in [0.05, 0.1) is 4.91 Å². The first-order valence-corrected chi connectivity index (χ1v) is 5.20. The summed E-state index contributed by atoms with van der Waals surface area (Å²) >= 11 is 0. The van der Waals surface area contributed by atoms with Crippen LogP contribution in [0.4, 0.5) is 0 Å². The van der Waals surface area contributed by atoms with Gasteiger partial charge in [-0.05, 0) is 18.9 Å². The Morgan fingerprint density at radius 2 is 2.00 bits per heavy atom. The van der Waals surface area contributed by atoms with Crippen molar-refractivity contribution in [2.75, 3.05) is 6.54 Å². The molecule has 12 heavy (non-hydrogen) atoms. The molecule has 1 aliphatic rings. The molecule has 0 heterocycles. The summed E-state index contributed by atoms with van der Waals surface area (Å²) in [5, 5.41) is 4.94. The van der Waals surface area contributed by atoms with Crippen molar-refractivity contribution in [1.82, 2.24) is 0 Å². The second-order valence-electron chi connectivity index (χ2n) is 2.71. The maximum Gasteiger partial charge on any atom is 0.234 e. The van der Waals surface area contributed by atoms with Crippen molar-refractivity contribution in [3.63, 3.8) is 0 Å². The third-order valence-electron chi connectivity index (χ3n) is 1.83. The molecule has 0 radical (unpaired) electrons. The van der Waals surface area contributed by atoms with Crippen molar-refractivity contribution in [2.24, 2.45) is 10.9 Å². The van der Waals surface area contributed by atoms with E-state index in [0.717, 1.165) is 5.57 Å². The number of sulfonamides is 1. The van der Waals surface area contributed by atoms with Gasteiger partial charge in [0.2, 0.25) is 10.0 Å². The Labute approximate surface area is 72.0 Å². The van der Waals surface area contributed by atoms with Crippen molar-refractivity contribution < 1.29 is 8.42 Å². The van der Waals surface area contributed by atoms with E-state index in [2.05, 4.69) is 0 Å².